The van der Waals surface area contributed by atoms with Crippen LogP contribution in [0.3, 0.4) is 0 Å². The molecule has 0 aromatic heterocycles. The van der Waals surface area contributed by atoms with E-state index in [1.54, 1.807) is 17.7 Å². The smallest absolute Gasteiger partial charge is 1.00 e. The minimum atomic E-state index is -1.00. The zero-order valence-corrected chi connectivity index (χ0v) is 22.8. The molecule has 0 saturated carbocycles. The van der Waals surface area contributed by atoms with Crippen LogP contribution in [0, 0.1) is 17.6 Å². The Morgan fingerprint density at radius 1 is 1.07 bits per heavy atom. The molecule has 1 heterocycles. The molecule has 1 saturated heterocycles. The van der Waals surface area contributed by atoms with Gasteiger partial charge in [-0.05, 0) is 0 Å². The number of rotatable bonds is 3. The molecule has 156 valence electrons. The van der Waals surface area contributed by atoms with Crippen LogP contribution < -0.4 is 24.8 Å². The molecule has 0 amide bonds. The third-order valence-corrected chi connectivity index (χ3v) is 12.9. The normalized spacial score (nSPS) is 22.0. The summed E-state index contributed by atoms with van der Waals surface area (Å²) in [5, 5.41) is 0. The van der Waals surface area contributed by atoms with E-state index >= 15 is 0 Å². The average molecular weight is 481 g/mol. The van der Waals surface area contributed by atoms with E-state index in [9.17, 15) is 0 Å². The summed E-state index contributed by atoms with van der Waals surface area (Å²) in [6.07, 6.45) is 12.2. The second-order valence-electron chi connectivity index (χ2n) is 8.96. The van der Waals surface area contributed by atoms with Gasteiger partial charge in [0.2, 0.25) is 0 Å². The minimum Gasteiger partial charge on any atom is -1.00 e. The van der Waals surface area contributed by atoms with Crippen molar-refractivity contribution >= 4 is 14.1 Å². The van der Waals surface area contributed by atoms with Gasteiger partial charge >= 0.3 is 21.7 Å². The van der Waals surface area contributed by atoms with Crippen molar-refractivity contribution in [2.45, 2.75) is 78.1 Å². The van der Waals surface area contributed by atoms with Gasteiger partial charge in [-0.3, -0.25) is 12.2 Å². The van der Waals surface area contributed by atoms with Crippen molar-refractivity contribution in [3.8, 4) is 0 Å². The Hall–Kier alpha value is -0.0488. The molecule has 1 unspecified atom stereocenters. The van der Waals surface area contributed by atoms with Crippen molar-refractivity contribution in [1.82, 2.24) is 0 Å². The fourth-order valence-corrected chi connectivity index (χ4v) is 9.88. The van der Waals surface area contributed by atoms with Crippen LogP contribution in [0.5, 0.6) is 0 Å². The molecule has 1 fully saturated rings. The Balaban J connectivity index is 0.000000535. The largest absolute Gasteiger partial charge is 4.00 e. The summed E-state index contributed by atoms with van der Waals surface area (Å²) in [6, 6.07) is 13.5. The third-order valence-electron chi connectivity index (χ3n) is 6.98. The molecule has 0 bridgehead atoms. The predicted octanol–water partition coefficient (Wildman–Crippen LogP) is 1.52. The first-order valence-corrected chi connectivity index (χ1v) is 13.0. The number of allylic oxidation sites excluding steroid dienone is 5. The first-order valence-electron chi connectivity index (χ1n) is 10.3. The Bertz CT molecular complexity index is 773. The summed E-state index contributed by atoms with van der Waals surface area (Å²) >= 11 is 0. The van der Waals surface area contributed by atoms with E-state index < -0.39 is 8.07 Å². The standard InChI is InChI=1S/C15H19Si.C10H15.2ClH.Ti/c1-2-10-16(11-5-12-16)15-9-8-13-6-3-4-7-14(13)15;1-7-6-10(4,5)9(3)8(7)2;;;/h3-4,6-8,15H,2,5,10-12H2,1H3;1-5H3;2*1H;/q2*-1;;;+4/p-2. The minimum absolute atomic E-state index is 0. The van der Waals surface area contributed by atoms with Crippen molar-refractivity contribution < 1.29 is 46.5 Å². The monoisotopic (exact) mass is 480 g/mol. The van der Waals surface area contributed by atoms with E-state index in [1.807, 2.05) is 0 Å². The number of hydrogen-bond acceptors (Lipinski definition) is 0. The van der Waals surface area contributed by atoms with E-state index in [0.717, 1.165) is 5.54 Å². The van der Waals surface area contributed by atoms with Gasteiger partial charge in [-0.1, -0.05) is 94.7 Å². The summed E-state index contributed by atoms with van der Waals surface area (Å²) in [4.78, 5) is 0. The molecule has 4 heteroatoms. The zero-order valence-electron chi connectivity index (χ0n) is 18.8. The van der Waals surface area contributed by atoms with Gasteiger partial charge in [-0.2, -0.15) is 16.7 Å². The molecule has 0 nitrogen and oxygen atoms in total. The summed E-state index contributed by atoms with van der Waals surface area (Å²) in [6.45, 7) is 13.3. The first-order chi connectivity index (χ1) is 12.3. The number of benzene rings is 1. The van der Waals surface area contributed by atoms with Gasteiger partial charge in [-0.15, -0.1) is 18.6 Å². The van der Waals surface area contributed by atoms with Crippen LogP contribution in [0.2, 0.25) is 18.1 Å². The third kappa shape index (κ3) is 5.80. The Morgan fingerprint density at radius 3 is 2.10 bits per heavy atom. The maximum absolute atomic E-state index is 3.69. The fourth-order valence-electron chi connectivity index (χ4n) is 4.89. The van der Waals surface area contributed by atoms with Crippen molar-refractivity contribution in [3.63, 3.8) is 0 Å². The Kier molecular flexibility index (Phi) is 11.5. The summed E-state index contributed by atoms with van der Waals surface area (Å²) in [7, 11) is -1.00. The van der Waals surface area contributed by atoms with Gasteiger partial charge < -0.3 is 24.8 Å². The molecule has 4 rings (SSSR count). The molecule has 3 aliphatic rings. The van der Waals surface area contributed by atoms with Crippen LogP contribution in [-0.4, -0.2) is 8.07 Å². The first kappa shape index (κ1) is 29.0. The quantitative estimate of drug-likeness (QED) is 0.454. The van der Waals surface area contributed by atoms with Gasteiger partial charge in [0.25, 0.3) is 0 Å². The molecule has 1 aliphatic heterocycles. The molecular weight excluding hydrogens is 447 g/mol. The van der Waals surface area contributed by atoms with Gasteiger partial charge in [0.05, 0.1) is 0 Å². The molecule has 0 N–H and O–H groups in total. The van der Waals surface area contributed by atoms with Crippen LogP contribution in [0.4, 0.5) is 0 Å². The molecular formula is C25H34Cl2SiTi. The van der Waals surface area contributed by atoms with Crippen molar-refractivity contribution in [3.05, 3.63) is 64.3 Å². The van der Waals surface area contributed by atoms with E-state index in [0.29, 0.717) is 0 Å². The van der Waals surface area contributed by atoms with Crippen LogP contribution in [0.25, 0.3) is 6.08 Å². The predicted molar refractivity (Wildman–Crippen MR) is 117 cm³/mol. The molecule has 0 radical (unpaired) electrons. The van der Waals surface area contributed by atoms with Crippen LogP contribution in [0.15, 0.2) is 41.0 Å². The topological polar surface area (TPSA) is 0 Å². The molecule has 1 aromatic rings. The fraction of sp³-hybridized carbons (Fsp3) is 0.520. The zero-order chi connectivity index (χ0) is 18.9. The van der Waals surface area contributed by atoms with Crippen LogP contribution >= 0.6 is 0 Å². The maximum Gasteiger partial charge on any atom is 4.00 e. The van der Waals surface area contributed by atoms with E-state index in [2.05, 4.69) is 84.0 Å². The second kappa shape index (κ2) is 11.5. The van der Waals surface area contributed by atoms with Crippen molar-refractivity contribution in [1.29, 1.82) is 0 Å². The molecule has 1 atom stereocenters. The van der Waals surface area contributed by atoms with E-state index in [-0.39, 0.29) is 51.9 Å². The summed E-state index contributed by atoms with van der Waals surface area (Å²) in [5.41, 5.74) is 8.13. The SMILES string of the molecule is CC1=[C-]C(C)(C)C(C)=C1C.CCC[Si]1(C2[C-]=Cc3ccccc32)CCC1.[Cl-].[Cl-].[Ti+4]. The number of halogens is 2. The van der Waals surface area contributed by atoms with Crippen molar-refractivity contribution in [2.24, 2.45) is 5.41 Å². The number of fused-ring (bicyclic) bond motifs is 1. The van der Waals surface area contributed by atoms with Crippen LogP contribution in [0.1, 0.15) is 71.1 Å². The van der Waals surface area contributed by atoms with Crippen molar-refractivity contribution in [2.75, 3.05) is 0 Å². The molecule has 1 aromatic carbocycles. The summed E-state index contributed by atoms with van der Waals surface area (Å²) in [5.74, 6) is 0. The van der Waals surface area contributed by atoms with Gasteiger partial charge in [-0.25, -0.2) is 11.6 Å². The average Bonchev–Trinajstić information content (AvgIpc) is 3.07. The Morgan fingerprint density at radius 2 is 1.69 bits per heavy atom. The van der Waals surface area contributed by atoms with Crippen LogP contribution in [-0.2, 0) is 21.7 Å². The molecule has 29 heavy (non-hydrogen) atoms. The van der Waals surface area contributed by atoms with Gasteiger partial charge in [0, 0.05) is 8.07 Å². The summed E-state index contributed by atoms with van der Waals surface area (Å²) < 4.78 is 0. The Labute approximate surface area is 207 Å². The number of hydrogen-bond donors (Lipinski definition) is 0. The second-order valence-corrected chi connectivity index (χ2v) is 13.8. The van der Waals surface area contributed by atoms with E-state index in [1.165, 1.54) is 41.2 Å². The van der Waals surface area contributed by atoms with Gasteiger partial charge in [0.15, 0.2) is 0 Å². The van der Waals surface area contributed by atoms with E-state index in [4.69, 9.17) is 0 Å². The maximum atomic E-state index is 3.69. The molecule has 0 spiro atoms. The molecule has 2 aliphatic carbocycles. The van der Waals surface area contributed by atoms with Gasteiger partial charge in [0.1, 0.15) is 0 Å².